The second-order valence-corrected chi connectivity index (χ2v) is 18.1. The quantitative estimate of drug-likeness (QED) is 0.0261. The van der Waals surface area contributed by atoms with Crippen molar-refractivity contribution in [2.45, 2.75) is 207 Å². The van der Waals surface area contributed by atoms with Gasteiger partial charge in [-0.25, -0.2) is 0 Å². The van der Waals surface area contributed by atoms with Gasteiger partial charge in [-0.05, 0) is 128 Å². The standard InChI is InChI=1S/C69H102O6/c1-4-7-10-13-16-19-22-25-27-28-29-30-31-32-33-34-35-36-37-38-39-40-42-44-47-50-53-56-59-62-68(71)74-65-66(64-73-67(70)61-58-55-52-49-46-43-24-21-18-15-12-9-6-3)75-69(72)63-60-57-54-51-48-45-41-26-23-20-17-14-11-8-5-2/h7-12,16-21,25-27,29-30,32-33,35-36,38-39,41,43,46,48,51-52,55,57,60,66H,4-6,13-15,22-24,28,31,34,37,40,42,44-45,47,49-50,53-54,56,58-59,61-65H2,1-3H3/b10-7-,11-8-,12-9-,19-16-,20-17-,21-18-,27-25-,30-29-,33-32-,36-35-,39-38-,41-26-,46-43-,51-48-,55-52-,60-57-. The maximum atomic E-state index is 12.8. The van der Waals surface area contributed by atoms with E-state index in [1.165, 1.54) is 19.3 Å². The Balaban J connectivity index is 4.48. The molecule has 0 aromatic rings. The molecular formula is C69H102O6. The Kier molecular flexibility index (Phi) is 56.1. The Bertz CT molecular complexity index is 1850. The molecule has 75 heavy (non-hydrogen) atoms. The van der Waals surface area contributed by atoms with E-state index in [0.29, 0.717) is 19.3 Å². The second kappa shape index (κ2) is 60.8. The molecule has 0 saturated carbocycles. The summed E-state index contributed by atoms with van der Waals surface area (Å²) in [5.41, 5.74) is 0. The van der Waals surface area contributed by atoms with Crippen LogP contribution in [-0.2, 0) is 28.6 Å². The van der Waals surface area contributed by atoms with Crippen LogP contribution in [0.4, 0.5) is 0 Å². The summed E-state index contributed by atoms with van der Waals surface area (Å²) >= 11 is 0. The van der Waals surface area contributed by atoms with Crippen molar-refractivity contribution in [3.63, 3.8) is 0 Å². The molecular weight excluding hydrogens is 925 g/mol. The van der Waals surface area contributed by atoms with Crippen LogP contribution in [0.5, 0.6) is 0 Å². The number of unbranched alkanes of at least 4 members (excludes halogenated alkanes) is 7. The first-order valence-corrected chi connectivity index (χ1v) is 28.9. The summed E-state index contributed by atoms with van der Waals surface area (Å²) in [5, 5.41) is 0. The Labute approximate surface area is 458 Å². The van der Waals surface area contributed by atoms with Gasteiger partial charge in [-0.3, -0.25) is 14.4 Å². The molecule has 414 valence electrons. The van der Waals surface area contributed by atoms with Crippen LogP contribution >= 0.6 is 0 Å². The lowest BCUT2D eigenvalue weighted by molar-refractivity contribution is -0.166. The summed E-state index contributed by atoms with van der Waals surface area (Å²) in [6.45, 7) is 6.10. The van der Waals surface area contributed by atoms with E-state index in [-0.39, 0.29) is 32.0 Å². The molecule has 0 N–H and O–H groups in total. The molecule has 1 unspecified atom stereocenters. The molecule has 1 atom stereocenters. The van der Waals surface area contributed by atoms with Crippen molar-refractivity contribution in [1.29, 1.82) is 0 Å². The van der Waals surface area contributed by atoms with Crippen molar-refractivity contribution in [3.8, 4) is 0 Å². The van der Waals surface area contributed by atoms with Gasteiger partial charge in [-0.1, -0.05) is 247 Å². The lowest BCUT2D eigenvalue weighted by atomic mass is 10.1. The Hall–Kier alpha value is -5.75. The van der Waals surface area contributed by atoms with Gasteiger partial charge < -0.3 is 14.2 Å². The molecule has 0 aliphatic heterocycles. The Morgan fingerprint density at radius 3 is 0.893 bits per heavy atom. The third kappa shape index (κ3) is 59.0. The monoisotopic (exact) mass is 1030 g/mol. The number of ether oxygens (including phenoxy) is 3. The molecule has 0 aliphatic carbocycles. The van der Waals surface area contributed by atoms with E-state index in [1.54, 1.807) is 6.08 Å². The van der Waals surface area contributed by atoms with Gasteiger partial charge in [-0.15, -0.1) is 0 Å². The predicted octanol–water partition coefficient (Wildman–Crippen LogP) is 19.9. The highest BCUT2D eigenvalue weighted by molar-refractivity contribution is 5.72. The smallest absolute Gasteiger partial charge is 0.310 e. The zero-order chi connectivity index (χ0) is 54.3. The van der Waals surface area contributed by atoms with Gasteiger partial charge in [0, 0.05) is 12.8 Å². The van der Waals surface area contributed by atoms with Crippen molar-refractivity contribution in [2.24, 2.45) is 0 Å². The molecule has 0 aromatic heterocycles. The first-order valence-electron chi connectivity index (χ1n) is 28.9. The van der Waals surface area contributed by atoms with Crippen LogP contribution in [0.15, 0.2) is 194 Å². The third-order valence-electron chi connectivity index (χ3n) is 11.1. The van der Waals surface area contributed by atoms with Crippen molar-refractivity contribution in [2.75, 3.05) is 13.2 Å². The number of carbonyl (C=O) groups excluding carboxylic acids is 3. The lowest BCUT2D eigenvalue weighted by Gasteiger charge is -2.18. The van der Waals surface area contributed by atoms with Crippen LogP contribution in [0.1, 0.15) is 201 Å². The van der Waals surface area contributed by atoms with Crippen LogP contribution in [-0.4, -0.2) is 37.2 Å². The Morgan fingerprint density at radius 2 is 0.547 bits per heavy atom. The van der Waals surface area contributed by atoms with Gasteiger partial charge in [0.2, 0.25) is 0 Å². The van der Waals surface area contributed by atoms with Crippen molar-refractivity contribution in [1.82, 2.24) is 0 Å². The molecule has 0 heterocycles. The van der Waals surface area contributed by atoms with Gasteiger partial charge in [-0.2, -0.15) is 0 Å². The highest BCUT2D eigenvalue weighted by Crippen LogP contribution is 2.12. The minimum Gasteiger partial charge on any atom is -0.462 e. The van der Waals surface area contributed by atoms with Gasteiger partial charge in [0.05, 0.1) is 6.42 Å². The minimum atomic E-state index is -0.878. The largest absolute Gasteiger partial charge is 0.462 e. The number of hydrogen-bond acceptors (Lipinski definition) is 6. The molecule has 0 saturated heterocycles. The summed E-state index contributed by atoms with van der Waals surface area (Å²) in [6.07, 6.45) is 93.3. The fourth-order valence-corrected chi connectivity index (χ4v) is 6.92. The first kappa shape index (κ1) is 69.2. The van der Waals surface area contributed by atoms with Crippen molar-refractivity contribution >= 4 is 17.9 Å². The summed E-state index contributed by atoms with van der Waals surface area (Å²) in [7, 11) is 0. The number of hydrogen-bond donors (Lipinski definition) is 0. The van der Waals surface area contributed by atoms with Gasteiger partial charge in [0.25, 0.3) is 0 Å². The van der Waals surface area contributed by atoms with E-state index >= 15 is 0 Å². The molecule has 0 radical (unpaired) electrons. The maximum Gasteiger partial charge on any atom is 0.310 e. The zero-order valence-corrected chi connectivity index (χ0v) is 47.2. The van der Waals surface area contributed by atoms with E-state index < -0.39 is 18.0 Å². The number of rotatable bonds is 49. The molecule has 6 nitrogen and oxygen atoms in total. The highest BCUT2D eigenvalue weighted by Gasteiger charge is 2.19. The normalized spacial score (nSPS) is 13.6. The zero-order valence-electron chi connectivity index (χ0n) is 47.2. The summed E-state index contributed by atoms with van der Waals surface area (Å²) in [6, 6.07) is 0. The molecule has 0 bridgehead atoms. The van der Waals surface area contributed by atoms with Crippen LogP contribution in [0.25, 0.3) is 0 Å². The van der Waals surface area contributed by atoms with E-state index in [1.807, 2.05) is 18.2 Å². The molecule has 0 fully saturated rings. The molecule has 0 aliphatic rings. The topological polar surface area (TPSA) is 78.9 Å². The van der Waals surface area contributed by atoms with Crippen molar-refractivity contribution in [3.05, 3.63) is 194 Å². The average molecular weight is 1030 g/mol. The van der Waals surface area contributed by atoms with E-state index in [2.05, 4.69) is 191 Å². The Morgan fingerprint density at radius 1 is 0.280 bits per heavy atom. The second-order valence-electron chi connectivity index (χ2n) is 18.1. The van der Waals surface area contributed by atoms with Gasteiger partial charge in [0.1, 0.15) is 13.2 Å². The number of allylic oxidation sites excluding steroid dienone is 31. The van der Waals surface area contributed by atoms with E-state index in [9.17, 15) is 14.4 Å². The lowest BCUT2D eigenvalue weighted by Crippen LogP contribution is -2.30. The molecule has 0 aromatic carbocycles. The summed E-state index contributed by atoms with van der Waals surface area (Å²) in [4.78, 5) is 38.0. The van der Waals surface area contributed by atoms with E-state index in [0.717, 1.165) is 128 Å². The van der Waals surface area contributed by atoms with Gasteiger partial charge >= 0.3 is 17.9 Å². The SMILES string of the molecule is CC/C=C\C/C=C\C/C=C\C/C=C\C/C=C\C/C=C\C/C=C\CCCCCCCCCC(=O)OCC(COC(=O)CC/C=C\C/C=C\C/C=C\C/C=C\CC)OC(=O)C/C=C\C/C=C\C/C=C\C/C=C\C/C=C\CC. The first-order chi connectivity index (χ1) is 37.0. The summed E-state index contributed by atoms with van der Waals surface area (Å²) < 4.78 is 16.6. The van der Waals surface area contributed by atoms with Crippen LogP contribution in [0, 0.1) is 0 Å². The van der Waals surface area contributed by atoms with Crippen molar-refractivity contribution < 1.29 is 28.6 Å². The number of carbonyl (C=O) groups is 3. The molecule has 0 spiro atoms. The van der Waals surface area contributed by atoms with E-state index in [4.69, 9.17) is 14.2 Å². The molecule has 0 rings (SSSR count). The maximum absolute atomic E-state index is 12.8. The predicted molar refractivity (Wildman–Crippen MR) is 324 cm³/mol. The van der Waals surface area contributed by atoms with Crippen LogP contribution in [0.2, 0.25) is 0 Å². The average Bonchev–Trinajstić information content (AvgIpc) is 3.41. The highest BCUT2D eigenvalue weighted by atomic mass is 16.6. The fourth-order valence-electron chi connectivity index (χ4n) is 6.92. The van der Waals surface area contributed by atoms with Gasteiger partial charge in [0.15, 0.2) is 6.10 Å². The molecule has 0 amide bonds. The number of esters is 3. The minimum absolute atomic E-state index is 0.0690. The van der Waals surface area contributed by atoms with Crippen LogP contribution < -0.4 is 0 Å². The third-order valence-corrected chi connectivity index (χ3v) is 11.1. The van der Waals surface area contributed by atoms with Crippen LogP contribution in [0.3, 0.4) is 0 Å². The molecule has 6 heteroatoms. The fraction of sp³-hybridized carbons (Fsp3) is 0.493. The summed E-state index contributed by atoms with van der Waals surface area (Å²) in [5.74, 6) is -1.20.